The maximum atomic E-state index is 14.7. The lowest BCUT2D eigenvalue weighted by Crippen LogP contribution is -2.54. The van der Waals surface area contributed by atoms with Gasteiger partial charge in [0.2, 0.25) is 11.8 Å². The molecule has 0 aliphatic carbocycles. The van der Waals surface area contributed by atoms with Gasteiger partial charge in [-0.05, 0) is 44.0 Å². The van der Waals surface area contributed by atoms with Crippen LogP contribution in [0, 0.1) is 5.82 Å². The molecule has 2 atom stereocenters. The fourth-order valence-electron chi connectivity index (χ4n) is 3.57. The summed E-state index contributed by atoms with van der Waals surface area (Å²) in [5, 5.41) is 3.45. The Kier molecular flexibility index (Phi) is 11.2. The van der Waals surface area contributed by atoms with E-state index in [4.69, 9.17) is 23.2 Å². The molecule has 0 fully saturated rings. The van der Waals surface area contributed by atoms with Crippen LogP contribution in [-0.4, -0.2) is 62.2 Å². The third kappa shape index (κ3) is 7.56. The lowest BCUT2D eigenvalue weighted by molar-refractivity contribution is -0.140. The quantitative estimate of drug-likeness (QED) is 0.405. The summed E-state index contributed by atoms with van der Waals surface area (Å²) in [5.41, 5.74) is 0.110. The zero-order valence-corrected chi connectivity index (χ0v) is 23.9. The van der Waals surface area contributed by atoms with Gasteiger partial charge >= 0.3 is 10.2 Å². The average molecular weight is 576 g/mol. The van der Waals surface area contributed by atoms with Crippen LogP contribution in [0.5, 0.6) is 0 Å². The molecule has 0 saturated carbocycles. The summed E-state index contributed by atoms with van der Waals surface area (Å²) in [7, 11) is -1.72. The van der Waals surface area contributed by atoms with Crippen LogP contribution in [0.2, 0.25) is 10.0 Å². The maximum Gasteiger partial charge on any atom is 0.304 e. The number of carbonyl (C=O) groups excluding carboxylic acids is 2. The predicted molar refractivity (Wildman–Crippen MR) is 145 cm³/mol. The van der Waals surface area contributed by atoms with E-state index in [1.807, 2.05) is 13.8 Å². The molecule has 0 unspecified atom stereocenters. The monoisotopic (exact) mass is 574 g/mol. The van der Waals surface area contributed by atoms with Crippen LogP contribution in [0.15, 0.2) is 42.5 Å². The number of nitrogens with one attached hydrogen (secondary N) is 1. The first-order chi connectivity index (χ1) is 17.3. The van der Waals surface area contributed by atoms with Gasteiger partial charge in [0.25, 0.3) is 0 Å². The first-order valence-electron chi connectivity index (χ1n) is 11.8. The van der Waals surface area contributed by atoms with Gasteiger partial charge in [0.15, 0.2) is 0 Å². The molecule has 2 aromatic rings. The number of hydrogen-bond donors (Lipinski definition) is 1. The summed E-state index contributed by atoms with van der Waals surface area (Å²) in [6, 6.07) is 9.01. The zero-order valence-electron chi connectivity index (χ0n) is 21.5. The molecule has 12 heteroatoms. The van der Waals surface area contributed by atoms with Gasteiger partial charge in [-0.15, -0.1) is 0 Å². The van der Waals surface area contributed by atoms with Gasteiger partial charge < -0.3 is 10.2 Å². The first kappa shape index (κ1) is 30.8. The van der Waals surface area contributed by atoms with Gasteiger partial charge in [-0.3, -0.25) is 9.59 Å². The first-order valence-corrected chi connectivity index (χ1v) is 14.0. The summed E-state index contributed by atoms with van der Waals surface area (Å²) < 4.78 is 42.6. The van der Waals surface area contributed by atoms with Crippen molar-refractivity contribution < 1.29 is 22.4 Å². The summed E-state index contributed by atoms with van der Waals surface area (Å²) in [4.78, 5) is 28.2. The van der Waals surface area contributed by atoms with E-state index >= 15 is 0 Å². The molecular weight excluding hydrogens is 542 g/mol. The van der Waals surface area contributed by atoms with Crippen molar-refractivity contribution in [3.63, 3.8) is 0 Å². The molecule has 2 aromatic carbocycles. The SMILES string of the molecule is CC[C@@H](C)NC(=O)[C@@H](CC)N(Cc1c(Cl)cccc1Cl)C(=O)CN(c1ccccc1F)S(=O)(=O)N(C)C. The summed E-state index contributed by atoms with van der Waals surface area (Å²) in [5.74, 6) is -1.94. The number of para-hydroxylation sites is 1. The Balaban J connectivity index is 2.58. The average Bonchev–Trinajstić information content (AvgIpc) is 2.84. The van der Waals surface area contributed by atoms with Gasteiger partial charge in [-0.1, -0.05) is 55.2 Å². The Hall–Kier alpha value is -2.40. The Labute approximate surface area is 228 Å². The molecule has 0 spiro atoms. The zero-order chi connectivity index (χ0) is 27.9. The molecule has 0 radical (unpaired) electrons. The number of anilines is 1. The molecule has 2 amide bonds. The number of carbonyl (C=O) groups is 2. The molecule has 8 nitrogen and oxygen atoms in total. The van der Waals surface area contributed by atoms with Crippen LogP contribution in [0.25, 0.3) is 0 Å². The number of amides is 2. The lowest BCUT2D eigenvalue weighted by Gasteiger charge is -2.34. The van der Waals surface area contributed by atoms with Crippen LogP contribution in [-0.2, 0) is 26.3 Å². The highest BCUT2D eigenvalue weighted by Crippen LogP contribution is 2.28. The van der Waals surface area contributed by atoms with Crippen LogP contribution >= 0.6 is 23.2 Å². The molecule has 204 valence electrons. The van der Waals surface area contributed by atoms with Crippen molar-refractivity contribution in [3.8, 4) is 0 Å². The normalized spacial score (nSPS) is 13.2. The van der Waals surface area contributed by atoms with Crippen molar-refractivity contribution in [3.05, 3.63) is 63.9 Å². The van der Waals surface area contributed by atoms with Crippen molar-refractivity contribution in [2.24, 2.45) is 0 Å². The third-order valence-electron chi connectivity index (χ3n) is 5.92. The molecule has 37 heavy (non-hydrogen) atoms. The molecule has 0 bridgehead atoms. The second-order valence-corrected chi connectivity index (χ2v) is 11.6. The summed E-state index contributed by atoms with van der Waals surface area (Å²) in [6.07, 6.45) is 0.908. The predicted octanol–water partition coefficient (Wildman–Crippen LogP) is 4.47. The Morgan fingerprint density at radius 2 is 1.59 bits per heavy atom. The van der Waals surface area contributed by atoms with E-state index in [1.165, 1.54) is 37.2 Å². The van der Waals surface area contributed by atoms with Crippen LogP contribution < -0.4 is 9.62 Å². The van der Waals surface area contributed by atoms with Crippen LogP contribution in [0.1, 0.15) is 39.2 Å². The topological polar surface area (TPSA) is 90.0 Å². The van der Waals surface area contributed by atoms with E-state index in [9.17, 15) is 22.4 Å². The highest BCUT2D eigenvalue weighted by atomic mass is 35.5. The van der Waals surface area contributed by atoms with E-state index < -0.39 is 40.4 Å². The number of halogens is 3. The van der Waals surface area contributed by atoms with Gasteiger partial charge in [0.05, 0.1) is 5.69 Å². The van der Waals surface area contributed by atoms with Crippen molar-refractivity contribution in [1.82, 2.24) is 14.5 Å². The van der Waals surface area contributed by atoms with Crippen molar-refractivity contribution in [1.29, 1.82) is 0 Å². The van der Waals surface area contributed by atoms with Gasteiger partial charge in [-0.25, -0.2) is 8.70 Å². The minimum Gasteiger partial charge on any atom is -0.352 e. The molecule has 0 heterocycles. The fourth-order valence-corrected chi connectivity index (χ4v) is 5.15. The minimum absolute atomic E-state index is 0.147. The molecular formula is C25H33Cl2FN4O4S. The molecule has 0 aromatic heterocycles. The molecule has 1 N–H and O–H groups in total. The molecule has 0 aliphatic rings. The van der Waals surface area contributed by atoms with Crippen LogP contribution in [0.4, 0.5) is 10.1 Å². The third-order valence-corrected chi connectivity index (χ3v) is 8.43. The largest absolute Gasteiger partial charge is 0.352 e. The highest BCUT2D eigenvalue weighted by molar-refractivity contribution is 7.90. The Bertz CT molecular complexity index is 1190. The molecule has 2 rings (SSSR count). The van der Waals surface area contributed by atoms with E-state index in [0.717, 1.165) is 10.4 Å². The van der Waals surface area contributed by atoms with Crippen molar-refractivity contribution in [2.75, 3.05) is 24.9 Å². The van der Waals surface area contributed by atoms with E-state index in [2.05, 4.69) is 5.32 Å². The van der Waals surface area contributed by atoms with Gasteiger partial charge in [0, 0.05) is 42.3 Å². The minimum atomic E-state index is -4.28. The van der Waals surface area contributed by atoms with Gasteiger partial charge in [0.1, 0.15) is 18.4 Å². The number of benzene rings is 2. The smallest absolute Gasteiger partial charge is 0.304 e. The van der Waals surface area contributed by atoms with Crippen molar-refractivity contribution in [2.45, 2.75) is 52.2 Å². The maximum absolute atomic E-state index is 14.7. The lowest BCUT2D eigenvalue weighted by atomic mass is 10.1. The second kappa shape index (κ2) is 13.4. The van der Waals surface area contributed by atoms with E-state index in [-0.39, 0.29) is 34.7 Å². The number of nitrogens with zero attached hydrogens (tertiary/aromatic N) is 3. The van der Waals surface area contributed by atoms with E-state index in [1.54, 1.807) is 25.1 Å². The molecule has 0 saturated heterocycles. The fraction of sp³-hybridized carbons (Fsp3) is 0.440. The van der Waals surface area contributed by atoms with E-state index in [0.29, 0.717) is 16.3 Å². The standard InChI is InChI=1S/C25H33Cl2FN4O4S/c1-6-17(3)29-25(34)22(7-2)31(15-18-19(26)11-10-12-20(18)27)24(33)16-32(37(35,36)30(4)5)23-14-9-8-13-21(23)28/h8-14,17,22H,6-7,15-16H2,1-5H3,(H,29,34)/t17-,22-/m1/s1. The van der Waals surface area contributed by atoms with Gasteiger partial charge in [-0.2, -0.15) is 12.7 Å². The number of hydrogen-bond acceptors (Lipinski definition) is 4. The Morgan fingerprint density at radius 1 is 1.00 bits per heavy atom. The number of rotatable bonds is 12. The second-order valence-electron chi connectivity index (χ2n) is 8.71. The highest BCUT2D eigenvalue weighted by Gasteiger charge is 2.35. The van der Waals surface area contributed by atoms with Crippen LogP contribution in [0.3, 0.4) is 0 Å². The molecule has 0 aliphatic heterocycles. The van der Waals surface area contributed by atoms with Crippen molar-refractivity contribution >= 4 is 50.9 Å². The summed E-state index contributed by atoms with van der Waals surface area (Å²) >= 11 is 12.7. The Morgan fingerprint density at radius 3 is 2.11 bits per heavy atom. The summed E-state index contributed by atoms with van der Waals surface area (Å²) in [6.45, 7) is 4.58.